The number of aryl methyl sites for hydroxylation is 1. The standard InChI is InChI=1S/C19H34N4O.ClH/c1-14(2)13-23-16(4)18(15(3)21-23)12-19(24)22-10-7-17(8-11-22)6-9-20-5;/h14,17,20H,6-13H2,1-5H3;1H. The van der Waals surface area contributed by atoms with Gasteiger partial charge in [0.1, 0.15) is 0 Å². The predicted octanol–water partition coefficient (Wildman–Crippen LogP) is 2.97. The lowest BCUT2D eigenvalue weighted by atomic mass is 9.93. The zero-order chi connectivity index (χ0) is 17.7. The summed E-state index contributed by atoms with van der Waals surface area (Å²) in [5.41, 5.74) is 3.28. The number of hydrogen-bond donors (Lipinski definition) is 1. The molecule has 25 heavy (non-hydrogen) atoms. The number of carbonyl (C=O) groups excluding carboxylic acids is 1. The Labute approximate surface area is 158 Å². The van der Waals surface area contributed by atoms with E-state index in [2.05, 4.69) is 40.8 Å². The Bertz CT molecular complexity index is 548. The topological polar surface area (TPSA) is 50.2 Å². The van der Waals surface area contributed by atoms with Gasteiger partial charge in [-0.3, -0.25) is 9.48 Å². The van der Waals surface area contributed by atoms with E-state index >= 15 is 0 Å². The summed E-state index contributed by atoms with van der Waals surface area (Å²) in [6.45, 7) is 12.3. The molecule has 0 aliphatic carbocycles. The second kappa shape index (κ2) is 10.2. The van der Waals surface area contributed by atoms with Crippen LogP contribution in [0.15, 0.2) is 0 Å². The van der Waals surface area contributed by atoms with Crippen LogP contribution in [0, 0.1) is 25.7 Å². The molecule has 1 aliphatic rings. The van der Waals surface area contributed by atoms with Crippen LogP contribution in [0.25, 0.3) is 0 Å². The van der Waals surface area contributed by atoms with Crippen molar-refractivity contribution in [1.29, 1.82) is 0 Å². The van der Waals surface area contributed by atoms with Gasteiger partial charge < -0.3 is 10.2 Å². The second-order valence-corrected chi connectivity index (χ2v) is 7.62. The van der Waals surface area contributed by atoms with Crippen molar-refractivity contribution in [3.05, 3.63) is 17.0 Å². The number of halogens is 1. The molecule has 0 unspecified atom stereocenters. The molecule has 2 rings (SSSR count). The van der Waals surface area contributed by atoms with Crippen LogP contribution in [0.4, 0.5) is 0 Å². The summed E-state index contributed by atoms with van der Waals surface area (Å²) >= 11 is 0. The molecule has 1 aliphatic heterocycles. The average Bonchev–Trinajstić information content (AvgIpc) is 2.80. The summed E-state index contributed by atoms with van der Waals surface area (Å²) in [6, 6.07) is 0. The molecule has 5 nitrogen and oxygen atoms in total. The molecule has 1 amide bonds. The largest absolute Gasteiger partial charge is 0.342 e. The summed E-state index contributed by atoms with van der Waals surface area (Å²) in [5.74, 6) is 1.58. The molecule has 0 aromatic carbocycles. The fourth-order valence-corrected chi connectivity index (χ4v) is 3.60. The minimum atomic E-state index is 0. The number of nitrogens with one attached hydrogen (secondary N) is 1. The Balaban J connectivity index is 0.00000312. The minimum Gasteiger partial charge on any atom is -0.342 e. The first kappa shape index (κ1) is 22.0. The summed E-state index contributed by atoms with van der Waals surface area (Å²) in [4.78, 5) is 14.8. The summed E-state index contributed by atoms with van der Waals surface area (Å²) in [6.07, 6.45) is 3.99. The minimum absolute atomic E-state index is 0. The molecule has 0 saturated carbocycles. The Kier molecular flexibility index (Phi) is 8.94. The quantitative estimate of drug-likeness (QED) is 0.802. The van der Waals surface area contributed by atoms with E-state index in [9.17, 15) is 4.79 Å². The monoisotopic (exact) mass is 370 g/mol. The Hall–Kier alpha value is -1.07. The summed E-state index contributed by atoms with van der Waals surface area (Å²) < 4.78 is 2.06. The van der Waals surface area contributed by atoms with Crippen molar-refractivity contribution in [2.75, 3.05) is 26.7 Å². The highest BCUT2D eigenvalue weighted by Gasteiger charge is 2.24. The number of hydrogen-bond acceptors (Lipinski definition) is 3. The van der Waals surface area contributed by atoms with Crippen LogP contribution in [-0.2, 0) is 17.8 Å². The van der Waals surface area contributed by atoms with Gasteiger partial charge >= 0.3 is 0 Å². The third-order valence-corrected chi connectivity index (χ3v) is 5.17. The molecule has 1 aromatic rings. The maximum Gasteiger partial charge on any atom is 0.227 e. The van der Waals surface area contributed by atoms with Crippen LogP contribution in [0.1, 0.15) is 50.1 Å². The van der Waals surface area contributed by atoms with Gasteiger partial charge in [-0.05, 0) is 58.5 Å². The van der Waals surface area contributed by atoms with Gasteiger partial charge in [0, 0.05) is 30.9 Å². The number of aromatic nitrogens is 2. The molecule has 1 fully saturated rings. The van der Waals surface area contributed by atoms with Gasteiger partial charge in [0.05, 0.1) is 12.1 Å². The van der Waals surface area contributed by atoms with Crippen molar-refractivity contribution in [1.82, 2.24) is 20.0 Å². The van der Waals surface area contributed by atoms with Crippen molar-refractivity contribution < 1.29 is 4.79 Å². The fourth-order valence-electron chi connectivity index (χ4n) is 3.60. The van der Waals surface area contributed by atoms with Crippen LogP contribution in [0.3, 0.4) is 0 Å². The van der Waals surface area contributed by atoms with E-state index in [0.29, 0.717) is 12.3 Å². The van der Waals surface area contributed by atoms with Gasteiger partial charge in [0.25, 0.3) is 0 Å². The molecular formula is C19H35ClN4O. The van der Waals surface area contributed by atoms with Crippen molar-refractivity contribution in [2.24, 2.45) is 11.8 Å². The van der Waals surface area contributed by atoms with E-state index in [0.717, 1.165) is 61.9 Å². The first-order chi connectivity index (χ1) is 11.4. The van der Waals surface area contributed by atoms with Crippen LogP contribution in [0.2, 0.25) is 0 Å². The maximum absolute atomic E-state index is 12.7. The van der Waals surface area contributed by atoms with E-state index in [1.807, 2.05) is 14.0 Å². The van der Waals surface area contributed by atoms with Crippen LogP contribution in [-0.4, -0.2) is 47.3 Å². The van der Waals surface area contributed by atoms with E-state index in [4.69, 9.17) is 0 Å². The summed E-state index contributed by atoms with van der Waals surface area (Å²) in [7, 11) is 2.00. The molecule has 6 heteroatoms. The van der Waals surface area contributed by atoms with Crippen molar-refractivity contribution in [3.63, 3.8) is 0 Å². The molecule has 0 atom stereocenters. The SMILES string of the molecule is CNCCC1CCN(C(=O)Cc2c(C)nn(CC(C)C)c2C)CC1.Cl. The zero-order valence-corrected chi connectivity index (χ0v) is 17.3. The Morgan fingerprint density at radius 2 is 1.92 bits per heavy atom. The van der Waals surface area contributed by atoms with Crippen LogP contribution < -0.4 is 5.32 Å². The van der Waals surface area contributed by atoms with E-state index in [1.165, 1.54) is 6.42 Å². The number of amides is 1. The third kappa shape index (κ3) is 6.00. The third-order valence-electron chi connectivity index (χ3n) is 5.17. The molecule has 2 heterocycles. The lowest BCUT2D eigenvalue weighted by molar-refractivity contribution is -0.131. The number of piperidine rings is 1. The number of carbonyl (C=O) groups is 1. The van der Waals surface area contributed by atoms with Gasteiger partial charge in [-0.15, -0.1) is 12.4 Å². The highest BCUT2D eigenvalue weighted by Crippen LogP contribution is 2.22. The first-order valence-corrected chi connectivity index (χ1v) is 9.37. The van der Waals surface area contributed by atoms with Gasteiger partial charge in [-0.2, -0.15) is 5.10 Å². The van der Waals surface area contributed by atoms with Crippen molar-refractivity contribution in [3.8, 4) is 0 Å². The lowest BCUT2D eigenvalue weighted by Gasteiger charge is -2.32. The van der Waals surface area contributed by atoms with Gasteiger partial charge in [0.2, 0.25) is 5.91 Å². The highest BCUT2D eigenvalue weighted by molar-refractivity contribution is 5.85. The molecular weight excluding hydrogens is 336 g/mol. The lowest BCUT2D eigenvalue weighted by Crippen LogP contribution is -2.39. The zero-order valence-electron chi connectivity index (χ0n) is 16.5. The Morgan fingerprint density at radius 1 is 1.28 bits per heavy atom. The van der Waals surface area contributed by atoms with E-state index in [1.54, 1.807) is 0 Å². The molecule has 0 spiro atoms. The van der Waals surface area contributed by atoms with E-state index in [-0.39, 0.29) is 18.3 Å². The van der Waals surface area contributed by atoms with Crippen molar-refractivity contribution >= 4 is 18.3 Å². The summed E-state index contributed by atoms with van der Waals surface area (Å²) in [5, 5.41) is 7.85. The van der Waals surface area contributed by atoms with Gasteiger partial charge in [-0.25, -0.2) is 0 Å². The normalized spacial score (nSPS) is 15.5. The van der Waals surface area contributed by atoms with Crippen LogP contribution in [0.5, 0.6) is 0 Å². The predicted molar refractivity (Wildman–Crippen MR) is 105 cm³/mol. The molecule has 144 valence electrons. The van der Waals surface area contributed by atoms with Crippen LogP contribution >= 0.6 is 12.4 Å². The smallest absolute Gasteiger partial charge is 0.227 e. The second-order valence-electron chi connectivity index (χ2n) is 7.62. The first-order valence-electron chi connectivity index (χ1n) is 9.37. The average molecular weight is 371 g/mol. The number of rotatable bonds is 7. The molecule has 1 saturated heterocycles. The van der Waals surface area contributed by atoms with E-state index < -0.39 is 0 Å². The molecule has 0 bridgehead atoms. The molecule has 0 radical (unpaired) electrons. The number of nitrogens with zero attached hydrogens (tertiary/aromatic N) is 3. The van der Waals surface area contributed by atoms with Crippen molar-refractivity contribution in [2.45, 2.75) is 59.9 Å². The molecule has 1 N–H and O–H groups in total. The Morgan fingerprint density at radius 3 is 2.48 bits per heavy atom. The molecule has 1 aromatic heterocycles. The van der Waals surface area contributed by atoms with Gasteiger partial charge in [-0.1, -0.05) is 13.8 Å². The van der Waals surface area contributed by atoms with Gasteiger partial charge in [0.15, 0.2) is 0 Å². The fraction of sp³-hybridized carbons (Fsp3) is 0.789. The number of likely N-dealkylation sites (tertiary alicyclic amines) is 1. The maximum atomic E-state index is 12.7. The highest BCUT2D eigenvalue weighted by atomic mass is 35.5.